The molecule has 0 nitrogen and oxygen atoms in total. The Kier molecular flexibility index (Phi) is 1.90. The molecule has 0 saturated carbocycles. The largest absolute Gasteiger partial charge is 0.243 e. The molecule has 1 atom stereocenters. The SMILES string of the molecule is FC1=CC(F)CCC1=S. The van der Waals surface area contributed by atoms with Crippen LogP contribution < -0.4 is 0 Å². The summed E-state index contributed by atoms with van der Waals surface area (Å²) in [6.07, 6.45) is 0.522. The third-order valence-electron chi connectivity index (χ3n) is 1.24. The van der Waals surface area contributed by atoms with E-state index in [0.29, 0.717) is 12.8 Å². The fraction of sp³-hybridized carbons (Fsp3) is 0.500. The molecular weight excluding hydrogens is 142 g/mol. The van der Waals surface area contributed by atoms with Crippen LogP contribution in [0.4, 0.5) is 8.78 Å². The van der Waals surface area contributed by atoms with Gasteiger partial charge in [0.1, 0.15) is 12.0 Å². The molecular formula is C6H6F2S. The molecule has 0 spiro atoms. The standard InChI is InChI=1S/C6H6F2S/c7-4-1-2-6(9)5(8)3-4/h3-4H,1-2H2. The van der Waals surface area contributed by atoms with E-state index in [9.17, 15) is 8.78 Å². The molecule has 0 aromatic rings. The zero-order valence-electron chi connectivity index (χ0n) is 4.73. The van der Waals surface area contributed by atoms with E-state index in [2.05, 4.69) is 12.2 Å². The van der Waals surface area contributed by atoms with Crippen LogP contribution in [0, 0.1) is 0 Å². The topological polar surface area (TPSA) is 0 Å². The third-order valence-corrected chi connectivity index (χ3v) is 1.64. The van der Waals surface area contributed by atoms with Gasteiger partial charge in [0, 0.05) is 0 Å². The second kappa shape index (κ2) is 2.52. The van der Waals surface area contributed by atoms with Crippen LogP contribution in [0.5, 0.6) is 0 Å². The molecule has 0 radical (unpaired) electrons. The maximum Gasteiger partial charge on any atom is 0.136 e. The Morgan fingerprint density at radius 3 is 2.78 bits per heavy atom. The number of allylic oxidation sites excluding steroid dienone is 2. The number of hydrogen-bond donors (Lipinski definition) is 0. The summed E-state index contributed by atoms with van der Waals surface area (Å²) < 4.78 is 24.5. The fourth-order valence-electron chi connectivity index (χ4n) is 0.723. The van der Waals surface area contributed by atoms with Crippen molar-refractivity contribution >= 4 is 17.1 Å². The molecule has 0 aliphatic heterocycles. The first-order chi connectivity index (χ1) is 4.20. The Hall–Kier alpha value is -0.310. The van der Waals surface area contributed by atoms with E-state index in [4.69, 9.17) is 0 Å². The molecule has 0 aromatic heterocycles. The second-order valence-electron chi connectivity index (χ2n) is 1.99. The molecule has 1 aliphatic rings. The Bertz CT molecular complexity index is 162. The molecule has 0 aromatic carbocycles. The minimum Gasteiger partial charge on any atom is -0.243 e. The van der Waals surface area contributed by atoms with Gasteiger partial charge in [0.15, 0.2) is 0 Å². The van der Waals surface area contributed by atoms with Crippen molar-refractivity contribution in [1.82, 2.24) is 0 Å². The summed E-state index contributed by atoms with van der Waals surface area (Å²) in [5.74, 6) is -0.552. The Balaban J connectivity index is 2.72. The second-order valence-corrected chi connectivity index (χ2v) is 2.49. The summed E-state index contributed by atoms with van der Waals surface area (Å²) >= 11 is 4.57. The Morgan fingerprint density at radius 2 is 2.33 bits per heavy atom. The van der Waals surface area contributed by atoms with Gasteiger partial charge in [0.05, 0.1) is 4.86 Å². The van der Waals surface area contributed by atoms with Crippen molar-refractivity contribution in [3.63, 3.8) is 0 Å². The van der Waals surface area contributed by atoms with Crippen molar-refractivity contribution in [2.75, 3.05) is 0 Å². The lowest BCUT2D eigenvalue weighted by Crippen LogP contribution is -2.09. The first-order valence-electron chi connectivity index (χ1n) is 2.75. The average molecular weight is 148 g/mol. The van der Waals surface area contributed by atoms with E-state index in [1.165, 1.54) is 0 Å². The van der Waals surface area contributed by atoms with Crippen LogP contribution in [0.3, 0.4) is 0 Å². The van der Waals surface area contributed by atoms with Crippen LogP contribution in [-0.2, 0) is 0 Å². The molecule has 0 bridgehead atoms. The summed E-state index contributed by atoms with van der Waals surface area (Å²) in [6, 6.07) is 0. The number of halogens is 2. The summed E-state index contributed by atoms with van der Waals surface area (Å²) in [7, 11) is 0. The van der Waals surface area contributed by atoms with Crippen LogP contribution in [0.15, 0.2) is 11.9 Å². The number of alkyl halides is 1. The van der Waals surface area contributed by atoms with Gasteiger partial charge in [-0.2, -0.15) is 0 Å². The van der Waals surface area contributed by atoms with Crippen LogP contribution in [0.25, 0.3) is 0 Å². The highest BCUT2D eigenvalue weighted by Crippen LogP contribution is 2.18. The molecule has 1 rings (SSSR count). The minimum atomic E-state index is -1.13. The Labute approximate surface area is 57.6 Å². The van der Waals surface area contributed by atoms with Gasteiger partial charge >= 0.3 is 0 Å². The molecule has 1 unspecified atom stereocenters. The molecule has 0 heterocycles. The number of rotatable bonds is 0. The van der Waals surface area contributed by atoms with E-state index in [1.807, 2.05) is 0 Å². The van der Waals surface area contributed by atoms with Gasteiger partial charge in [-0.25, -0.2) is 8.78 Å². The van der Waals surface area contributed by atoms with Gasteiger partial charge < -0.3 is 0 Å². The molecule has 0 amide bonds. The zero-order chi connectivity index (χ0) is 6.85. The molecule has 50 valence electrons. The smallest absolute Gasteiger partial charge is 0.136 e. The molecule has 3 heteroatoms. The van der Waals surface area contributed by atoms with E-state index in [-0.39, 0.29) is 4.86 Å². The van der Waals surface area contributed by atoms with Gasteiger partial charge in [-0.05, 0) is 18.9 Å². The van der Waals surface area contributed by atoms with Gasteiger partial charge in [0.25, 0.3) is 0 Å². The van der Waals surface area contributed by atoms with Crippen molar-refractivity contribution in [2.24, 2.45) is 0 Å². The highest BCUT2D eigenvalue weighted by Gasteiger charge is 2.15. The highest BCUT2D eigenvalue weighted by molar-refractivity contribution is 7.80. The molecule has 9 heavy (non-hydrogen) atoms. The molecule has 0 N–H and O–H groups in total. The number of hydrogen-bond acceptors (Lipinski definition) is 1. The monoisotopic (exact) mass is 148 g/mol. The van der Waals surface area contributed by atoms with Gasteiger partial charge in [-0.1, -0.05) is 12.2 Å². The van der Waals surface area contributed by atoms with Crippen LogP contribution in [0.1, 0.15) is 12.8 Å². The first kappa shape index (κ1) is 6.81. The van der Waals surface area contributed by atoms with E-state index >= 15 is 0 Å². The lowest BCUT2D eigenvalue weighted by molar-refractivity contribution is 0.372. The number of thiocarbonyl (C=S) groups is 1. The van der Waals surface area contributed by atoms with E-state index < -0.39 is 12.0 Å². The van der Waals surface area contributed by atoms with Crippen molar-refractivity contribution in [1.29, 1.82) is 0 Å². The lowest BCUT2D eigenvalue weighted by atomic mass is 10.1. The van der Waals surface area contributed by atoms with E-state index in [0.717, 1.165) is 6.08 Å². The fourth-order valence-corrected chi connectivity index (χ4v) is 0.909. The average Bonchev–Trinajstić information content (AvgIpc) is 1.80. The van der Waals surface area contributed by atoms with Crippen molar-refractivity contribution in [3.8, 4) is 0 Å². The van der Waals surface area contributed by atoms with Crippen molar-refractivity contribution in [3.05, 3.63) is 11.9 Å². The summed E-state index contributed by atoms with van der Waals surface area (Å²) in [4.78, 5) is 0.254. The Morgan fingerprint density at radius 1 is 1.67 bits per heavy atom. The predicted octanol–water partition coefficient (Wildman–Crippen LogP) is 2.34. The molecule has 0 fully saturated rings. The molecule has 1 aliphatic carbocycles. The normalized spacial score (nSPS) is 28.0. The maximum absolute atomic E-state index is 12.3. The van der Waals surface area contributed by atoms with Crippen LogP contribution in [0.2, 0.25) is 0 Å². The van der Waals surface area contributed by atoms with Gasteiger partial charge in [0.2, 0.25) is 0 Å². The van der Waals surface area contributed by atoms with Gasteiger partial charge in [-0.15, -0.1) is 0 Å². The minimum absolute atomic E-state index is 0.254. The first-order valence-corrected chi connectivity index (χ1v) is 3.15. The molecule has 0 saturated heterocycles. The van der Waals surface area contributed by atoms with Crippen molar-refractivity contribution < 1.29 is 8.78 Å². The van der Waals surface area contributed by atoms with E-state index in [1.54, 1.807) is 0 Å². The lowest BCUT2D eigenvalue weighted by Gasteiger charge is -2.09. The van der Waals surface area contributed by atoms with Crippen LogP contribution >= 0.6 is 12.2 Å². The van der Waals surface area contributed by atoms with Crippen LogP contribution in [-0.4, -0.2) is 11.0 Å². The summed E-state index contributed by atoms with van der Waals surface area (Å²) in [6.45, 7) is 0. The predicted molar refractivity (Wildman–Crippen MR) is 35.9 cm³/mol. The zero-order valence-corrected chi connectivity index (χ0v) is 5.55. The third kappa shape index (κ3) is 1.55. The maximum atomic E-state index is 12.3. The summed E-state index contributed by atoms with van der Waals surface area (Å²) in [5, 5.41) is 0. The van der Waals surface area contributed by atoms with Gasteiger partial charge in [-0.3, -0.25) is 0 Å². The van der Waals surface area contributed by atoms with Crippen molar-refractivity contribution in [2.45, 2.75) is 19.0 Å². The highest BCUT2D eigenvalue weighted by atomic mass is 32.1. The summed E-state index contributed by atoms with van der Waals surface area (Å²) in [5.41, 5.74) is 0. The quantitative estimate of drug-likeness (QED) is 0.475.